The van der Waals surface area contributed by atoms with Crippen LogP contribution in [0.5, 0.6) is 0 Å². The molecule has 1 fully saturated rings. The Balaban J connectivity index is 1.70. The average molecular weight is 359 g/mol. The largest absolute Gasteiger partial charge is 0.271 e. The lowest BCUT2D eigenvalue weighted by atomic mass is 10.1. The van der Waals surface area contributed by atoms with Crippen molar-refractivity contribution in [2.45, 2.75) is 19.0 Å². The third-order valence-corrected chi connectivity index (χ3v) is 4.53. The van der Waals surface area contributed by atoms with Gasteiger partial charge in [0, 0.05) is 0 Å². The van der Waals surface area contributed by atoms with Gasteiger partial charge in [0.15, 0.2) is 12.1 Å². The van der Waals surface area contributed by atoms with Gasteiger partial charge in [0.25, 0.3) is 11.8 Å². The molecule has 0 spiro atoms. The molecule has 0 N–H and O–H groups in total. The van der Waals surface area contributed by atoms with Crippen molar-refractivity contribution in [2.24, 2.45) is 10.3 Å². The molecule has 0 saturated carbocycles. The summed E-state index contributed by atoms with van der Waals surface area (Å²) in [6.45, 7) is 1.92. The van der Waals surface area contributed by atoms with E-state index in [-0.39, 0.29) is 5.02 Å². The number of aryl methyl sites for hydroxylation is 1. The Labute approximate surface area is 147 Å². The van der Waals surface area contributed by atoms with Gasteiger partial charge in [0.2, 0.25) is 0 Å². The van der Waals surface area contributed by atoms with E-state index >= 15 is 0 Å². The van der Waals surface area contributed by atoms with Gasteiger partial charge < -0.3 is 0 Å². The second-order valence-electron chi connectivity index (χ2n) is 5.89. The molecule has 0 bridgehead atoms. The molecule has 8 heteroatoms. The number of nitrogens with zero attached hydrogens (tertiary/aromatic N) is 4. The van der Waals surface area contributed by atoms with Crippen LogP contribution in [-0.2, 0) is 9.59 Å². The van der Waals surface area contributed by atoms with Crippen LogP contribution in [0.3, 0.4) is 0 Å². The van der Waals surface area contributed by atoms with Gasteiger partial charge in [-0.15, -0.1) is 0 Å². The highest BCUT2D eigenvalue weighted by Crippen LogP contribution is 2.36. The van der Waals surface area contributed by atoms with E-state index in [1.165, 1.54) is 23.2 Å². The number of halogens is 2. The number of imide groups is 1. The lowest BCUT2D eigenvalue weighted by molar-refractivity contribution is -0.121. The molecule has 2 aromatic carbocycles. The molecule has 2 atom stereocenters. The number of rotatable bonds is 2. The van der Waals surface area contributed by atoms with Gasteiger partial charge in [-0.3, -0.25) is 9.59 Å². The van der Waals surface area contributed by atoms with Crippen molar-refractivity contribution in [1.82, 2.24) is 0 Å². The SMILES string of the molecule is Cc1ccc(N2C(=O)[C@@H]3N=NN(c4ccc(F)c(Cl)c4)[C@H]3C2=O)cc1. The smallest absolute Gasteiger partial charge is 0.263 e. The van der Waals surface area contributed by atoms with E-state index in [1.807, 2.05) is 19.1 Å². The number of carbonyl (C=O) groups excluding carboxylic acids is 2. The van der Waals surface area contributed by atoms with Crippen molar-refractivity contribution < 1.29 is 14.0 Å². The maximum Gasteiger partial charge on any atom is 0.263 e. The van der Waals surface area contributed by atoms with Crippen molar-refractivity contribution in [3.63, 3.8) is 0 Å². The lowest BCUT2D eigenvalue weighted by Gasteiger charge is -2.20. The van der Waals surface area contributed by atoms with E-state index in [4.69, 9.17) is 11.6 Å². The monoisotopic (exact) mass is 358 g/mol. The van der Waals surface area contributed by atoms with E-state index in [1.54, 1.807) is 12.1 Å². The Hall–Kier alpha value is -2.80. The molecule has 2 aromatic rings. The predicted molar refractivity (Wildman–Crippen MR) is 90.0 cm³/mol. The van der Waals surface area contributed by atoms with Crippen LogP contribution in [0.25, 0.3) is 0 Å². The van der Waals surface area contributed by atoms with Gasteiger partial charge in [-0.25, -0.2) is 14.3 Å². The third-order valence-electron chi connectivity index (χ3n) is 4.24. The summed E-state index contributed by atoms with van der Waals surface area (Å²) < 4.78 is 13.4. The van der Waals surface area contributed by atoms with Crippen LogP contribution in [0.15, 0.2) is 52.8 Å². The van der Waals surface area contributed by atoms with E-state index in [9.17, 15) is 14.0 Å². The van der Waals surface area contributed by atoms with Crippen molar-refractivity contribution >= 4 is 34.8 Å². The summed E-state index contributed by atoms with van der Waals surface area (Å²) in [5.41, 5.74) is 1.90. The highest BCUT2D eigenvalue weighted by molar-refractivity contribution is 6.31. The Morgan fingerprint density at radius 3 is 2.40 bits per heavy atom. The minimum absolute atomic E-state index is 0.0942. The first-order valence-corrected chi connectivity index (χ1v) is 7.95. The number of anilines is 2. The van der Waals surface area contributed by atoms with Crippen LogP contribution in [0.1, 0.15) is 5.56 Å². The summed E-state index contributed by atoms with van der Waals surface area (Å²) >= 11 is 5.80. The van der Waals surface area contributed by atoms with Gasteiger partial charge in [0.1, 0.15) is 5.82 Å². The zero-order valence-corrected chi connectivity index (χ0v) is 13.8. The lowest BCUT2D eigenvalue weighted by Crippen LogP contribution is -2.39. The normalized spacial score (nSPS) is 22.0. The maximum absolute atomic E-state index is 13.4. The number of hydrogen-bond acceptors (Lipinski definition) is 5. The molecule has 2 heterocycles. The van der Waals surface area contributed by atoms with Gasteiger partial charge in [-0.1, -0.05) is 34.5 Å². The first-order valence-electron chi connectivity index (χ1n) is 7.57. The summed E-state index contributed by atoms with van der Waals surface area (Å²) in [5.74, 6) is -1.43. The molecule has 4 rings (SSSR count). The Morgan fingerprint density at radius 1 is 1.04 bits per heavy atom. The van der Waals surface area contributed by atoms with Gasteiger partial charge in [-0.2, -0.15) is 5.11 Å². The first-order chi connectivity index (χ1) is 12.0. The van der Waals surface area contributed by atoms with Crippen molar-refractivity contribution in [3.05, 3.63) is 58.9 Å². The minimum Gasteiger partial charge on any atom is -0.271 e. The summed E-state index contributed by atoms with van der Waals surface area (Å²) in [5, 5.41) is 9.06. The second kappa shape index (κ2) is 5.63. The number of amides is 2. The molecule has 2 aliphatic rings. The van der Waals surface area contributed by atoms with Gasteiger partial charge in [-0.05, 0) is 37.3 Å². The molecular formula is C17H12ClFN4O2. The third kappa shape index (κ3) is 2.39. The van der Waals surface area contributed by atoms with Crippen LogP contribution in [-0.4, -0.2) is 23.9 Å². The highest BCUT2D eigenvalue weighted by atomic mass is 35.5. The summed E-state index contributed by atoms with van der Waals surface area (Å²) in [6, 6.07) is 9.23. The van der Waals surface area contributed by atoms with Crippen LogP contribution in [0.4, 0.5) is 15.8 Å². The maximum atomic E-state index is 13.4. The highest BCUT2D eigenvalue weighted by Gasteiger charge is 2.55. The Bertz CT molecular complexity index is 915. The molecule has 0 unspecified atom stereocenters. The molecule has 0 aromatic heterocycles. The fourth-order valence-corrected chi connectivity index (χ4v) is 3.12. The molecule has 6 nitrogen and oxygen atoms in total. The molecule has 0 radical (unpaired) electrons. The minimum atomic E-state index is -0.919. The van der Waals surface area contributed by atoms with Crippen LogP contribution in [0.2, 0.25) is 5.02 Å². The summed E-state index contributed by atoms with van der Waals surface area (Å²) in [4.78, 5) is 26.6. The fourth-order valence-electron chi connectivity index (χ4n) is 2.95. The van der Waals surface area contributed by atoms with Gasteiger partial charge >= 0.3 is 0 Å². The molecule has 1 saturated heterocycles. The standard InChI is InChI=1S/C17H12ClFN4O2/c1-9-2-4-10(5-3-9)22-16(24)14-15(17(22)25)23(21-20-14)11-6-7-13(19)12(18)8-11/h2-8,14-15H,1H3/t14-,15-/m1/s1. The topological polar surface area (TPSA) is 65.3 Å². The molecule has 126 valence electrons. The van der Waals surface area contributed by atoms with Crippen molar-refractivity contribution in [2.75, 3.05) is 9.91 Å². The number of carbonyl (C=O) groups is 2. The predicted octanol–water partition coefficient (Wildman–Crippen LogP) is 3.29. The zero-order chi connectivity index (χ0) is 17.7. The van der Waals surface area contributed by atoms with Gasteiger partial charge in [0.05, 0.1) is 16.4 Å². The van der Waals surface area contributed by atoms with E-state index in [0.717, 1.165) is 10.5 Å². The molecule has 2 amide bonds. The van der Waals surface area contributed by atoms with Crippen molar-refractivity contribution in [3.8, 4) is 0 Å². The second-order valence-corrected chi connectivity index (χ2v) is 6.29. The van der Waals surface area contributed by atoms with Crippen molar-refractivity contribution in [1.29, 1.82) is 0 Å². The zero-order valence-electron chi connectivity index (χ0n) is 13.1. The Morgan fingerprint density at radius 2 is 1.72 bits per heavy atom. The molecule has 25 heavy (non-hydrogen) atoms. The van der Waals surface area contributed by atoms with E-state index in [0.29, 0.717) is 11.4 Å². The first kappa shape index (κ1) is 15.7. The Kier molecular flexibility index (Phi) is 3.54. The molecular weight excluding hydrogens is 347 g/mol. The molecule has 0 aliphatic carbocycles. The molecule has 2 aliphatic heterocycles. The summed E-state index contributed by atoms with van der Waals surface area (Å²) in [7, 11) is 0. The summed E-state index contributed by atoms with van der Waals surface area (Å²) in [6.07, 6.45) is 0. The van der Waals surface area contributed by atoms with Crippen LogP contribution >= 0.6 is 11.6 Å². The number of hydrogen-bond donors (Lipinski definition) is 0. The number of fused-ring (bicyclic) bond motifs is 1. The van der Waals surface area contributed by atoms with E-state index in [2.05, 4.69) is 10.3 Å². The number of benzene rings is 2. The average Bonchev–Trinajstić information content (AvgIpc) is 3.13. The van der Waals surface area contributed by atoms with Crippen LogP contribution < -0.4 is 9.91 Å². The quantitative estimate of drug-likeness (QED) is 0.774. The fraction of sp³-hybridized carbons (Fsp3) is 0.176. The van der Waals surface area contributed by atoms with Crippen LogP contribution in [0, 0.1) is 12.7 Å². The van der Waals surface area contributed by atoms with E-state index < -0.39 is 29.7 Å².